The molecule has 1 aliphatic heterocycles. The molecule has 31 heavy (non-hydrogen) atoms. The molecular formula is C25H21N5O. The van der Waals surface area contributed by atoms with E-state index in [2.05, 4.69) is 44.6 Å². The highest BCUT2D eigenvalue weighted by Crippen LogP contribution is 2.65. The van der Waals surface area contributed by atoms with E-state index in [1.165, 1.54) is 31.2 Å². The van der Waals surface area contributed by atoms with Gasteiger partial charge in [0.05, 0.1) is 35.0 Å². The van der Waals surface area contributed by atoms with Gasteiger partial charge in [0, 0.05) is 11.8 Å². The zero-order valence-corrected chi connectivity index (χ0v) is 17.2. The van der Waals surface area contributed by atoms with Crippen LogP contribution in [0.1, 0.15) is 54.7 Å². The molecule has 4 aliphatic rings. The third-order valence-corrected chi connectivity index (χ3v) is 7.26. The van der Waals surface area contributed by atoms with Crippen molar-refractivity contribution in [3.05, 3.63) is 84.0 Å². The predicted molar refractivity (Wildman–Crippen MR) is 116 cm³/mol. The fraction of sp³-hybridized carbons (Fsp3) is 0.280. The molecule has 0 N–H and O–H groups in total. The van der Waals surface area contributed by atoms with Crippen molar-refractivity contribution in [2.45, 2.75) is 37.6 Å². The van der Waals surface area contributed by atoms with E-state index in [0.29, 0.717) is 11.2 Å². The van der Waals surface area contributed by atoms with Crippen molar-refractivity contribution >= 4 is 5.71 Å². The summed E-state index contributed by atoms with van der Waals surface area (Å²) in [4.78, 5) is 18.6. The van der Waals surface area contributed by atoms with Crippen molar-refractivity contribution in [2.75, 3.05) is 0 Å². The highest BCUT2D eigenvalue weighted by Gasteiger charge is 2.57. The van der Waals surface area contributed by atoms with Gasteiger partial charge in [-0.2, -0.15) is 0 Å². The smallest absolute Gasteiger partial charge is 0.181 e. The lowest BCUT2D eigenvalue weighted by molar-refractivity contribution is -0.0274. The molecule has 4 aromatic rings. The monoisotopic (exact) mass is 407 g/mol. The number of fused-ring (bicyclic) bond motifs is 3. The Hall–Kier alpha value is -3.54. The van der Waals surface area contributed by atoms with E-state index >= 15 is 0 Å². The van der Waals surface area contributed by atoms with Gasteiger partial charge in [0.2, 0.25) is 0 Å². The fourth-order valence-electron chi connectivity index (χ4n) is 5.60. The third-order valence-electron chi connectivity index (χ3n) is 7.26. The van der Waals surface area contributed by atoms with Gasteiger partial charge in [0.25, 0.3) is 0 Å². The summed E-state index contributed by atoms with van der Waals surface area (Å²) < 4.78 is 7.73. The largest absolute Gasteiger partial charge is 0.442 e. The van der Waals surface area contributed by atoms with E-state index in [0.717, 1.165) is 40.0 Å². The second kappa shape index (κ2) is 6.00. The van der Waals surface area contributed by atoms with E-state index in [-0.39, 0.29) is 6.04 Å². The average Bonchev–Trinajstić information content (AvgIpc) is 3.38. The van der Waals surface area contributed by atoms with Crippen molar-refractivity contribution in [1.82, 2.24) is 19.5 Å². The molecule has 2 bridgehead atoms. The molecule has 3 aliphatic carbocycles. The summed E-state index contributed by atoms with van der Waals surface area (Å²) in [6, 6.07) is 12.8. The van der Waals surface area contributed by atoms with Gasteiger partial charge in [-0.25, -0.2) is 9.97 Å². The van der Waals surface area contributed by atoms with Crippen LogP contribution in [0.25, 0.3) is 17.1 Å². The van der Waals surface area contributed by atoms with Crippen molar-refractivity contribution in [2.24, 2.45) is 10.9 Å². The molecule has 0 amide bonds. The first-order valence-electron chi connectivity index (χ1n) is 10.8. The van der Waals surface area contributed by atoms with Crippen LogP contribution in [0.15, 0.2) is 70.9 Å². The van der Waals surface area contributed by atoms with Crippen LogP contribution in [-0.2, 0) is 5.41 Å². The maximum atomic E-state index is 5.58. The minimum absolute atomic E-state index is 0.120. The highest BCUT2D eigenvalue weighted by atomic mass is 16.3. The van der Waals surface area contributed by atoms with Gasteiger partial charge in [-0.3, -0.25) is 14.5 Å². The Balaban J connectivity index is 1.48. The molecule has 1 atom stereocenters. The summed E-state index contributed by atoms with van der Waals surface area (Å²) in [5.74, 6) is 1.59. The minimum atomic E-state index is -0.120. The molecule has 8 rings (SSSR count). The van der Waals surface area contributed by atoms with Crippen LogP contribution in [0.2, 0.25) is 0 Å². The molecule has 0 unspecified atom stereocenters. The molecule has 6 nitrogen and oxygen atoms in total. The first-order valence-corrected chi connectivity index (χ1v) is 10.8. The van der Waals surface area contributed by atoms with Crippen molar-refractivity contribution in [3.8, 4) is 17.1 Å². The van der Waals surface area contributed by atoms with Crippen molar-refractivity contribution in [3.63, 3.8) is 0 Å². The number of imidazole rings is 1. The number of benzene rings is 1. The van der Waals surface area contributed by atoms with Gasteiger partial charge in [-0.1, -0.05) is 12.1 Å². The Bertz CT molecular complexity index is 1320. The minimum Gasteiger partial charge on any atom is -0.442 e. The molecule has 3 aromatic heterocycles. The van der Waals surface area contributed by atoms with Crippen LogP contribution in [0.4, 0.5) is 0 Å². The zero-order chi connectivity index (χ0) is 20.6. The molecule has 3 saturated carbocycles. The number of rotatable bonds is 3. The second-order valence-corrected chi connectivity index (χ2v) is 9.07. The number of pyridine rings is 1. The normalized spacial score (nSPS) is 25.5. The standard InChI is InChI=1S/C25H21N5O/c1-15-24-23(21-12-26-14-31-21)28-13-30(24)20-6-5-17(25-9-16(10-25)11-25)8-18(20)22(29-15)19-4-2-3-7-27-19/h2-8,12-16H,9-11H2,1H3/t15-,16?,25?/m0/s1. The van der Waals surface area contributed by atoms with Gasteiger partial charge >= 0.3 is 0 Å². The maximum Gasteiger partial charge on any atom is 0.181 e. The van der Waals surface area contributed by atoms with E-state index in [9.17, 15) is 0 Å². The molecule has 1 aromatic carbocycles. The van der Waals surface area contributed by atoms with E-state index in [1.807, 2.05) is 30.7 Å². The number of aliphatic imine (C=N–C) groups is 1. The average molecular weight is 407 g/mol. The first-order chi connectivity index (χ1) is 15.2. The SMILES string of the molecule is C[C@@H]1N=C(c2ccccn2)c2cc(C34CC(C3)C4)ccc2-n2cnc(-c3cnco3)c21. The van der Waals surface area contributed by atoms with Crippen LogP contribution < -0.4 is 0 Å². The first kappa shape index (κ1) is 17.2. The molecule has 3 fully saturated rings. The van der Waals surface area contributed by atoms with Crippen LogP contribution in [0.5, 0.6) is 0 Å². The summed E-state index contributed by atoms with van der Waals surface area (Å²) in [7, 11) is 0. The van der Waals surface area contributed by atoms with E-state index in [1.54, 1.807) is 6.20 Å². The number of hydrogen-bond acceptors (Lipinski definition) is 5. The number of nitrogens with zero attached hydrogens (tertiary/aromatic N) is 5. The molecule has 4 heterocycles. The maximum absolute atomic E-state index is 5.58. The van der Waals surface area contributed by atoms with Gasteiger partial charge < -0.3 is 4.42 Å². The van der Waals surface area contributed by atoms with Crippen LogP contribution in [0, 0.1) is 5.92 Å². The second-order valence-electron chi connectivity index (χ2n) is 9.07. The number of hydrogen-bond donors (Lipinski definition) is 0. The lowest BCUT2D eigenvalue weighted by Crippen LogP contribution is -2.55. The van der Waals surface area contributed by atoms with E-state index in [4.69, 9.17) is 9.41 Å². The van der Waals surface area contributed by atoms with Crippen LogP contribution >= 0.6 is 0 Å². The van der Waals surface area contributed by atoms with Crippen LogP contribution in [-0.4, -0.2) is 25.2 Å². The Morgan fingerprint density at radius 1 is 1.10 bits per heavy atom. The Morgan fingerprint density at radius 2 is 2.00 bits per heavy atom. The van der Waals surface area contributed by atoms with Gasteiger partial charge in [0.1, 0.15) is 12.0 Å². The predicted octanol–water partition coefficient (Wildman–Crippen LogP) is 4.89. The van der Waals surface area contributed by atoms with Crippen molar-refractivity contribution < 1.29 is 4.42 Å². The van der Waals surface area contributed by atoms with Gasteiger partial charge in [-0.05, 0) is 67.3 Å². The molecule has 0 spiro atoms. The van der Waals surface area contributed by atoms with Crippen LogP contribution in [0.3, 0.4) is 0 Å². The van der Waals surface area contributed by atoms with E-state index < -0.39 is 0 Å². The third kappa shape index (κ3) is 2.33. The fourth-order valence-corrected chi connectivity index (χ4v) is 5.60. The number of oxazole rings is 1. The molecular weight excluding hydrogens is 386 g/mol. The van der Waals surface area contributed by atoms with Crippen molar-refractivity contribution in [1.29, 1.82) is 0 Å². The summed E-state index contributed by atoms with van der Waals surface area (Å²) in [6.45, 7) is 2.10. The Labute approximate surface area is 179 Å². The summed E-state index contributed by atoms with van der Waals surface area (Å²) in [5, 5.41) is 0. The molecule has 6 heteroatoms. The highest BCUT2D eigenvalue weighted by molar-refractivity contribution is 6.14. The van der Waals surface area contributed by atoms with Gasteiger partial charge in [-0.15, -0.1) is 0 Å². The Morgan fingerprint density at radius 3 is 2.71 bits per heavy atom. The topological polar surface area (TPSA) is 69.1 Å². The number of aromatic nitrogens is 4. The summed E-state index contributed by atoms with van der Waals surface area (Å²) >= 11 is 0. The molecule has 152 valence electrons. The molecule has 0 radical (unpaired) electrons. The van der Waals surface area contributed by atoms with Gasteiger partial charge in [0.15, 0.2) is 12.2 Å². The molecule has 0 saturated heterocycles. The summed E-state index contributed by atoms with van der Waals surface area (Å²) in [5.41, 5.74) is 7.63. The zero-order valence-electron chi connectivity index (χ0n) is 17.2. The lowest BCUT2D eigenvalue weighted by atomic mass is 9.42. The Kier molecular flexibility index (Phi) is 3.32. The lowest BCUT2D eigenvalue weighted by Gasteiger charge is -2.62. The quantitative estimate of drug-likeness (QED) is 0.485. The summed E-state index contributed by atoms with van der Waals surface area (Å²) in [6.07, 6.45) is 10.8.